The predicted molar refractivity (Wildman–Crippen MR) is 47.0 cm³/mol. The van der Waals surface area contributed by atoms with Crippen molar-refractivity contribution in [2.75, 3.05) is 13.1 Å². The minimum atomic E-state index is 0.781. The Morgan fingerprint density at radius 3 is 2.91 bits per heavy atom. The standard InChI is InChI=1S/C8H12N2S/c1-3-9-4-2-7(1)8-5-10-6-11-8/h5-7,9H,1-4H2. The van der Waals surface area contributed by atoms with Crippen LogP contribution in [0.1, 0.15) is 23.6 Å². The SMILES string of the molecule is c1ncc(C2CCNCC2)s1. The summed E-state index contributed by atoms with van der Waals surface area (Å²) in [6, 6.07) is 0. The first kappa shape index (κ1) is 7.25. The Kier molecular flexibility index (Phi) is 2.19. The van der Waals surface area contributed by atoms with E-state index < -0.39 is 0 Å². The monoisotopic (exact) mass is 168 g/mol. The highest BCUT2D eigenvalue weighted by molar-refractivity contribution is 7.09. The van der Waals surface area contributed by atoms with Crippen LogP contribution in [0.15, 0.2) is 11.7 Å². The molecule has 2 nitrogen and oxygen atoms in total. The number of nitrogens with one attached hydrogen (secondary N) is 1. The molecule has 0 amide bonds. The van der Waals surface area contributed by atoms with Crippen LogP contribution in [0.5, 0.6) is 0 Å². The van der Waals surface area contributed by atoms with E-state index >= 15 is 0 Å². The number of hydrogen-bond acceptors (Lipinski definition) is 3. The van der Waals surface area contributed by atoms with Gasteiger partial charge in [-0.2, -0.15) is 0 Å². The summed E-state index contributed by atoms with van der Waals surface area (Å²) in [5.74, 6) is 0.781. The van der Waals surface area contributed by atoms with E-state index in [9.17, 15) is 0 Å². The molecule has 3 heteroatoms. The van der Waals surface area contributed by atoms with Crippen molar-refractivity contribution in [1.29, 1.82) is 0 Å². The molecule has 11 heavy (non-hydrogen) atoms. The third-order valence-electron chi connectivity index (χ3n) is 2.19. The van der Waals surface area contributed by atoms with Crippen molar-refractivity contribution < 1.29 is 0 Å². The van der Waals surface area contributed by atoms with Crippen LogP contribution < -0.4 is 5.32 Å². The quantitative estimate of drug-likeness (QED) is 0.689. The first-order valence-corrected chi connectivity index (χ1v) is 4.94. The topological polar surface area (TPSA) is 24.9 Å². The highest BCUT2D eigenvalue weighted by atomic mass is 32.1. The summed E-state index contributed by atoms with van der Waals surface area (Å²) in [7, 11) is 0. The van der Waals surface area contributed by atoms with Crippen LogP contribution >= 0.6 is 11.3 Å². The van der Waals surface area contributed by atoms with E-state index in [-0.39, 0.29) is 0 Å². The average Bonchev–Trinajstić information content (AvgIpc) is 2.58. The van der Waals surface area contributed by atoms with Crippen molar-refractivity contribution >= 4 is 11.3 Å². The van der Waals surface area contributed by atoms with E-state index in [1.807, 2.05) is 11.7 Å². The van der Waals surface area contributed by atoms with Crippen LogP contribution in [-0.2, 0) is 0 Å². The molecule has 0 aliphatic carbocycles. The largest absolute Gasteiger partial charge is 0.317 e. The maximum atomic E-state index is 4.10. The summed E-state index contributed by atoms with van der Waals surface area (Å²) in [6.45, 7) is 2.34. The normalized spacial score (nSPS) is 20.4. The Morgan fingerprint density at radius 2 is 2.27 bits per heavy atom. The van der Waals surface area contributed by atoms with Gasteiger partial charge in [0.1, 0.15) is 0 Å². The number of piperidine rings is 1. The molecule has 2 rings (SSSR count). The lowest BCUT2D eigenvalue weighted by Crippen LogP contribution is -2.26. The molecule has 0 unspecified atom stereocenters. The molecule has 1 saturated heterocycles. The van der Waals surface area contributed by atoms with Gasteiger partial charge in [0.15, 0.2) is 0 Å². The van der Waals surface area contributed by atoms with E-state index in [1.54, 1.807) is 11.3 Å². The molecule has 0 saturated carbocycles. The van der Waals surface area contributed by atoms with Gasteiger partial charge in [-0.15, -0.1) is 11.3 Å². The molecular formula is C8H12N2S. The second kappa shape index (κ2) is 3.32. The Bertz CT molecular complexity index is 202. The lowest BCUT2D eigenvalue weighted by Gasteiger charge is -2.20. The Morgan fingerprint density at radius 1 is 1.45 bits per heavy atom. The molecular weight excluding hydrogens is 156 g/mol. The van der Waals surface area contributed by atoms with Gasteiger partial charge in [-0.05, 0) is 31.8 Å². The van der Waals surface area contributed by atoms with Crippen LogP contribution in [0.4, 0.5) is 0 Å². The van der Waals surface area contributed by atoms with Gasteiger partial charge < -0.3 is 5.32 Å². The summed E-state index contributed by atoms with van der Waals surface area (Å²) in [4.78, 5) is 5.56. The molecule has 1 aliphatic rings. The Hall–Kier alpha value is -0.410. The van der Waals surface area contributed by atoms with Crippen LogP contribution in [0, 0.1) is 0 Å². The summed E-state index contributed by atoms with van der Waals surface area (Å²) in [5.41, 5.74) is 1.93. The molecule has 0 spiro atoms. The summed E-state index contributed by atoms with van der Waals surface area (Å²) >= 11 is 1.79. The van der Waals surface area contributed by atoms with Crippen molar-refractivity contribution in [2.45, 2.75) is 18.8 Å². The number of thiazole rings is 1. The van der Waals surface area contributed by atoms with Gasteiger partial charge in [0.2, 0.25) is 0 Å². The smallest absolute Gasteiger partial charge is 0.0794 e. The number of hydrogen-bond donors (Lipinski definition) is 1. The Balaban J connectivity index is 2.04. The maximum absolute atomic E-state index is 4.10. The first-order valence-electron chi connectivity index (χ1n) is 4.06. The van der Waals surface area contributed by atoms with Crippen molar-refractivity contribution in [2.24, 2.45) is 0 Å². The minimum absolute atomic E-state index is 0.781. The maximum Gasteiger partial charge on any atom is 0.0794 e. The fraction of sp³-hybridized carbons (Fsp3) is 0.625. The van der Waals surface area contributed by atoms with Crippen LogP contribution in [-0.4, -0.2) is 18.1 Å². The molecule has 60 valence electrons. The summed E-state index contributed by atoms with van der Waals surface area (Å²) in [5, 5.41) is 3.36. The van der Waals surface area contributed by atoms with Crippen molar-refractivity contribution in [1.82, 2.24) is 10.3 Å². The van der Waals surface area contributed by atoms with Gasteiger partial charge in [0.25, 0.3) is 0 Å². The lowest BCUT2D eigenvalue weighted by atomic mass is 9.97. The highest BCUT2D eigenvalue weighted by Crippen LogP contribution is 2.27. The van der Waals surface area contributed by atoms with Gasteiger partial charge in [-0.3, -0.25) is 4.98 Å². The second-order valence-electron chi connectivity index (χ2n) is 2.93. The van der Waals surface area contributed by atoms with E-state index in [2.05, 4.69) is 10.3 Å². The van der Waals surface area contributed by atoms with Crippen LogP contribution in [0.2, 0.25) is 0 Å². The molecule has 2 heterocycles. The van der Waals surface area contributed by atoms with Crippen molar-refractivity contribution in [3.05, 3.63) is 16.6 Å². The Labute approximate surface area is 70.7 Å². The highest BCUT2D eigenvalue weighted by Gasteiger charge is 2.15. The predicted octanol–water partition coefficient (Wildman–Crippen LogP) is 1.61. The van der Waals surface area contributed by atoms with Crippen molar-refractivity contribution in [3.8, 4) is 0 Å². The molecule has 0 atom stereocenters. The summed E-state index contributed by atoms with van der Waals surface area (Å²) in [6.07, 6.45) is 4.57. The van der Waals surface area contributed by atoms with Gasteiger partial charge >= 0.3 is 0 Å². The minimum Gasteiger partial charge on any atom is -0.317 e. The van der Waals surface area contributed by atoms with Gasteiger partial charge in [-0.25, -0.2) is 0 Å². The molecule has 0 aromatic carbocycles. The average molecular weight is 168 g/mol. The van der Waals surface area contributed by atoms with Crippen LogP contribution in [0.25, 0.3) is 0 Å². The molecule has 1 N–H and O–H groups in total. The third-order valence-corrected chi connectivity index (χ3v) is 3.13. The number of rotatable bonds is 1. The molecule has 0 radical (unpaired) electrons. The fourth-order valence-electron chi connectivity index (χ4n) is 1.53. The zero-order chi connectivity index (χ0) is 7.52. The van der Waals surface area contributed by atoms with E-state index in [4.69, 9.17) is 0 Å². The molecule has 1 fully saturated rings. The van der Waals surface area contributed by atoms with Gasteiger partial charge in [0, 0.05) is 11.1 Å². The summed E-state index contributed by atoms with van der Waals surface area (Å²) < 4.78 is 0. The van der Waals surface area contributed by atoms with Gasteiger partial charge in [0.05, 0.1) is 5.51 Å². The fourth-order valence-corrected chi connectivity index (χ4v) is 2.33. The van der Waals surface area contributed by atoms with E-state index in [1.165, 1.54) is 30.8 Å². The zero-order valence-electron chi connectivity index (χ0n) is 6.42. The molecule has 0 bridgehead atoms. The van der Waals surface area contributed by atoms with E-state index in [0.29, 0.717) is 0 Å². The van der Waals surface area contributed by atoms with E-state index in [0.717, 1.165) is 5.92 Å². The zero-order valence-corrected chi connectivity index (χ0v) is 7.23. The van der Waals surface area contributed by atoms with Crippen molar-refractivity contribution in [3.63, 3.8) is 0 Å². The number of aromatic nitrogens is 1. The first-order chi connectivity index (χ1) is 5.47. The second-order valence-corrected chi connectivity index (χ2v) is 3.85. The lowest BCUT2D eigenvalue weighted by molar-refractivity contribution is 0.465. The number of nitrogens with zero attached hydrogens (tertiary/aromatic N) is 1. The molecule has 1 aliphatic heterocycles. The van der Waals surface area contributed by atoms with Crippen LogP contribution in [0.3, 0.4) is 0 Å². The third kappa shape index (κ3) is 1.60. The van der Waals surface area contributed by atoms with Gasteiger partial charge in [-0.1, -0.05) is 0 Å². The molecule has 1 aromatic rings. The molecule has 1 aromatic heterocycles.